The van der Waals surface area contributed by atoms with Gasteiger partial charge in [0, 0.05) is 36.8 Å². The molecule has 0 aliphatic carbocycles. The lowest BCUT2D eigenvalue weighted by Gasteiger charge is -2.23. The first-order valence-corrected chi connectivity index (χ1v) is 12.1. The average Bonchev–Trinajstić information content (AvgIpc) is 3.04. The van der Waals surface area contributed by atoms with Crippen molar-refractivity contribution in [1.29, 1.82) is 0 Å². The van der Waals surface area contributed by atoms with Gasteiger partial charge in [-0.1, -0.05) is 41.9 Å². The lowest BCUT2D eigenvalue weighted by Crippen LogP contribution is -2.39. The molecular formula is C22H23ClN2O4S. The second-order valence-corrected chi connectivity index (χ2v) is 10.5. The van der Waals surface area contributed by atoms with Crippen LogP contribution in [0.1, 0.15) is 23.7 Å². The van der Waals surface area contributed by atoms with Crippen LogP contribution in [0.15, 0.2) is 54.6 Å². The standard InChI is InChI=1S/C22H23ClN2O4S/c23-18-6-8-19(9-7-18)25-15-17(14-21(25)26)22(27)24-11-10-20(30(28,29)13-12-24)16-4-2-1-3-5-16/h1-9,17,20H,10-15H2. The van der Waals surface area contributed by atoms with E-state index in [9.17, 15) is 18.0 Å². The molecule has 30 heavy (non-hydrogen) atoms. The number of hydrogen-bond donors (Lipinski definition) is 0. The minimum atomic E-state index is -3.36. The van der Waals surface area contributed by atoms with E-state index in [0.29, 0.717) is 30.2 Å². The van der Waals surface area contributed by atoms with Crippen molar-refractivity contribution in [1.82, 2.24) is 4.90 Å². The minimum absolute atomic E-state index is 0.0696. The molecule has 2 aliphatic rings. The molecule has 2 aromatic rings. The predicted molar refractivity (Wildman–Crippen MR) is 116 cm³/mol. The third kappa shape index (κ3) is 4.23. The number of nitrogens with zero attached hydrogens (tertiary/aromatic N) is 2. The molecule has 2 saturated heterocycles. The number of rotatable bonds is 3. The van der Waals surface area contributed by atoms with Crippen molar-refractivity contribution in [3.63, 3.8) is 0 Å². The molecule has 2 amide bonds. The Kier molecular flexibility index (Phi) is 5.84. The van der Waals surface area contributed by atoms with E-state index in [2.05, 4.69) is 0 Å². The summed E-state index contributed by atoms with van der Waals surface area (Å²) in [6.07, 6.45) is 0.493. The number of carbonyl (C=O) groups excluding carboxylic acids is 2. The molecule has 8 heteroatoms. The molecule has 0 N–H and O–H groups in total. The Labute approximate surface area is 181 Å². The summed E-state index contributed by atoms with van der Waals surface area (Å²) in [5.41, 5.74) is 1.47. The molecule has 2 atom stereocenters. The number of benzene rings is 2. The molecule has 158 valence electrons. The van der Waals surface area contributed by atoms with Crippen molar-refractivity contribution in [3.8, 4) is 0 Å². The molecule has 4 rings (SSSR count). The molecule has 2 aliphatic heterocycles. The molecule has 0 radical (unpaired) electrons. The zero-order valence-electron chi connectivity index (χ0n) is 16.4. The third-order valence-electron chi connectivity index (χ3n) is 5.84. The maximum atomic E-state index is 13.1. The normalized spacial score (nSPS) is 24.0. The van der Waals surface area contributed by atoms with Crippen LogP contribution in [-0.2, 0) is 19.4 Å². The van der Waals surface area contributed by atoms with Crippen molar-refractivity contribution in [2.45, 2.75) is 18.1 Å². The highest BCUT2D eigenvalue weighted by Gasteiger charge is 2.39. The predicted octanol–water partition coefficient (Wildman–Crippen LogP) is 3.08. The Bertz CT molecular complexity index is 1040. The molecule has 6 nitrogen and oxygen atoms in total. The monoisotopic (exact) mass is 446 g/mol. The van der Waals surface area contributed by atoms with Gasteiger partial charge in [0.25, 0.3) is 0 Å². The molecule has 2 aromatic carbocycles. The van der Waals surface area contributed by atoms with Crippen LogP contribution >= 0.6 is 11.6 Å². The van der Waals surface area contributed by atoms with Crippen molar-refractivity contribution in [3.05, 3.63) is 65.2 Å². The van der Waals surface area contributed by atoms with Gasteiger partial charge in [-0.25, -0.2) is 8.42 Å². The summed E-state index contributed by atoms with van der Waals surface area (Å²) in [4.78, 5) is 28.8. The van der Waals surface area contributed by atoms with Crippen LogP contribution < -0.4 is 4.90 Å². The summed E-state index contributed by atoms with van der Waals surface area (Å²) >= 11 is 5.92. The Hall–Kier alpha value is -2.38. The quantitative estimate of drug-likeness (QED) is 0.726. The highest BCUT2D eigenvalue weighted by atomic mass is 35.5. The number of sulfone groups is 1. The van der Waals surface area contributed by atoms with Crippen LogP contribution in [0.3, 0.4) is 0 Å². The largest absolute Gasteiger partial charge is 0.341 e. The molecule has 0 saturated carbocycles. The molecule has 2 heterocycles. The summed E-state index contributed by atoms with van der Waals surface area (Å²) in [7, 11) is -3.36. The van der Waals surface area contributed by atoms with Crippen LogP contribution in [-0.4, -0.2) is 50.5 Å². The van der Waals surface area contributed by atoms with Crippen molar-refractivity contribution in [2.75, 3.05) is 30.3 Å². The third-order valence-corrected chi connectivity index (χ3v) is 8.21. The topological polar surface area (TPSA) is 74.8 Å². The van der Waals surface area contributed by atoms with Gasteiger partial charge >= 0.3 is 0 Å². The van der Waals surface area contributed by atoms with Gasteiger partial charge in [-0.05, 0) is 36.2 Å². The maximum Gasteiger partial charge on any atom is 0.228 e. The van der Waals surface area contributed by atoms with E-state index >= 15 is 0 Å². The van der Waals surface area contributed by atoms with Gasteiger partial charge in [0.05, 0.1) is 16.9 Å². The number of anilines is 1. The van der Waals surface area contributed by atoms with Crippen LogP contribution in [0.25, 0.3) is 0 Å². The zero-order valence-corrected chi connectivity index (χ0v) is 18.0. The van der Waals surface area contributed by atoms with E-state index in [1.165, 1.54) is 0 Å². The van der Waals surface area contributed by atoms with Gasteiger partial charge < -0.3 is 9.80 Å². The van der Waals surface area contributed by atoms with Crippen molar-refractivity contribution < 1.29 is 18.0 Å². The Balaban J connectivity index is 1.46. The lowest BCUT2D eigenvalue weighted by atomic mass is 10.1. The SMILES string of the molecule is O=C(C1CC(=O)N(c2ccc(Cl)cc2)C1)N1CCC(c2ccccc2)S(=O)(=O)CC1. The second kappa shape index (κ2) is 8.40. The zero-order chi connectivity index (χ0) is 21.3. The summed E-state index contributed by atoms with van der Waals surface area (Å²) in [5.74, 6) is -0.798. The summed E-state index contributed by atoms with van der Waals surface area (Å²) in [5, 5.41) is -0.0240. The van der Waals surface area contributed by atoms with E-state index in [1.54, 1.807) is 34.1 Å². The summed E-state index contributed by atoms with van der Waals surface area (Å²) < 4.78 is 25.6. The number of halogens is 1. The van der Waals surface area contributed by atoms with Gasteiger partial charge in [-0.15, -0.1) is 0 Å². The van der Waals surface area contributed by atoms with Gasteiger partial charge in [-0.3, -0.25) is 9.59 Å². The van der Waals surface area contributed by atoms with Crippen LogP contribution in [0.2, 0.25) is 5.02 Å². The van der Waals surface area contributed by atoms with Crippen LogP contribution in [0, 0.1) is 5.92 Å². The second-order valence-electron chi connectivity index (χ2n) is 7.76. The number of hydrogen-bond acceptors (Lipinski definition) is 4. The van der Waals surface area contributed by atoms with E-state index in [4.69, 9.17) is 11.6 Å². The summed E-state index contributed by atoms with van der Waals surface area (Å²) in [6, 6.07) is 16.1. The van der Waals surface area contributed by atoms with E-state index in [1.807, 2.05) is 30.3 Å². The molecular weight excluding hydrogens is 424 g/mol. The fraction of sp³-hybridized carbons (Fsp3) is 0.364. The van der Waals surface area contributed by atoms with Gasteiger partial charge in [0.1, 0.15) is 0 Å². The maximum absolute atomic E-state index is 13.1. The molecule has 2 fully saturated rings. The van der Waals surface area contributed by atoms with E-state index in [0.717, 1.165) is 5.56 Å². The molecule has 0 bridgehead atoms. The Morgan fingerprint density at radius 2 is 1.70 bits per heavy atom. The lowest BCUT2D eigenvalue weighted by molar-refractivity contribution is -0.135. The fourth-order valence-corrected chi connectivity index (χ4v) is 6.13. The minimum Gasteiger partial charge on any atom is -0.341 e. The van der Waals surface area contributed by atoms with Gasteiger partial charge in [0.2, 0.25) is 11.8 Å². The average molecular weight is 447 g/mol. The Morgan fingerprint density at radius 3 is 2.40 bits per heavy atom. The van der Waals surface area contributed by atoms with Crippen LogP contribution in [0.4, 0.5) is 5.69 Å². The first kappa shape index (κ1) is 20.9. The van der Waals surface area contributed by atoms with Crippen molar-refractivity contribution in [2.24, 2.45) is 5.92 Å². The number of carbonyl (C=O) groups is 2. The smallest absolute Gasteiger partial charge is 0.228 e. The number of amides is 2. The highest BCUT2D eigenvalue weighted by Crippen LogP contribution is 2.31. The first-order valence-electron chi connectivity index (χ1n) is 9.96. The fourth-order valence-electron chi connectivity index (χ4n) is 4.21. The Morgan fingerprint density at radius 1 is 1.00 bits per heavy atom. The van der Waals surface area contributed by atoms with Gasteiger partial charge in [-0.2, -0.15) is 0 Å². The van der Waals surface area contributed by atoms with Gasteiger partial charge in [0.15, 0.2) is 9.84 Å². The van der Waals surface area contributed by atoms with E-state index in [-0.39, 0.29) is 30.5 Å². The highest BCUT2D eigenvalue weighted by molar-refractivity contribution is 7.91. The molecule has 0 aromatic heterocycles. The van der Waals surface area contributed by atoms with Crippen LogP contribution in [0.5, 0.6) is 0 Å². The first-order chi connectivity index (χ1) is 14.3. The molecule has 2 unspecified atom stereocenters. The molecule has 0 spiro atoms. The van der Waals surface area contributed by atoms with E-state index < -0.39 is 21.0 Å². The summed E-state index contributed by atoms with van der Waals surface area (Å²) in [6.45, 7) is 0.823. The van der Waals surface area contributed by atoms with Crippen molar-refractivity contribution >= 4 is 38.9 Å².